The summed E-state index contributed by atoms with van der Waals surface area (Å²) in [6.07, 6.45) is 2.41. The van der Waals surface area contributed by atoms with Crippen LogP contribution < -0.4 is 0 Å². The minimum Gasteiger partial charge on any atom is -0.0880 e. The third kappa shape index (κ3) is 3.83. The van der Waals surface area contributed by atoms with Crippen LogP contribution in [0.1, 0.15) is 30.9 Å². The minimum atomic E-state index is 0.326. The molecule has 0 saturated heterocycles. The van der Waals surface area contributed by atoms with Crippen molar-refractivity contribution < 1.29 is 0 Å². The molecule has 0 atom stereocenters. The maximum absolute atomic E-state index is 3.62. The van der Waals surface area contributed by atoms with Crippen molar-refractivity contribution in [1.82, 2.24) is 0 Å². The van der Waals surface area contributed by atoms with Crippen LogP contribution in [0.4, 0.5) is 0 Å². The van der Waals surface area contributed by atoms with Crippen LogP contribution in [-0.2, 0) is 0 Å². The van der Waals surface area contributed by atoms with E-state index in [-0.39, 0.29) is 0 Å². The zero-order chi connectivity index (χ0) is 14.4. The molecule has 0 bridgehead atoms. The van der Waals surface area contributed by atoms with Crippen molar-refractivity contribution in [2.45, 2.75) is 19.8 Å². The van der Waals surface area contributed by atoms with E-state index in [1.807, 2.05) is 0 Å². The number of allylic oxidation sites excluding steroid dienone is 2. The molecule has 0 nitrogen and oxygen atoms in total. The van der Waals surface area contributed by atoms with Gasteiger partial charge in [-0.3, -0.25) is 0 Å². The summed E-state index contributed by atoms with van der Waals surface area (Å²) >= 11 is 3.62. The van der Waals surface area contributed by atoms with E-state index in [1.54, 1.807) is 0 Å². The van der Waals surface area contributed by atoms with Crippen molar-refractivity contribution in [3.05, 3.63) is 83.4 Å². The maximum atomic E-state index is 3.62. The summed E-state index contributed by atoms with van der Waals surface area (Å²) in [6, 6.07) is 21.4. The molecule has 0 aliphatic carbocycles. The average molecular weight is 329 g/mol. The predicted octanol–water partition coefficient (Wildman–Crippen LogP) is 5.80. The average Bonchev–Trinajstić information content (AvgIpc) is 2.50. The van der Waals surface area contributed by atoms with E-state index in [9.17, 15) is 0 Å². The summed E-state index contributed by atoms with van der Waals surface area (Å²) in [4.78, 5) is 0. The summed E-state index contributed by atoms with van der Waals surface area (Å²) in [5.74, 6) is 0.886. The minimum absolute atomic E-state index is 0.326. The monoisotopic (exact) mass is 328 g/mol. The van der Waals surface area contributed by atoms with Gasteiger partial charge in [0.25, 0.3) is 0 Å². The molecule has 104 valence electrons. The lowest BCUT2D eigenvalue weighted by molar-refractivity contribution is 0.762. The lowest BCUT2D eigenvalue weighted by atomic mass is 9.88. The van der Waals surface area contributed by atoms with Crippen molar-refractivity contribution in [1.29, 1.82) is 0 Å². The van der Waals surface area contributed by atoms with Crippen LogP contribution in [-0.4, -0.2) is 5.33 Å². The van der Waals surface area contributed by atoms with E-state index in [1.165, 1.54) is 16.7 Å². The van der Waals surface area contributed by atoms with E-state index in [0.717, 1.165) is 5.33 Å². The Balaban J connectivity index is 2.45. The summed E-state index contributed by atoms with van der Waals surface area (Å²) in [7, 11) is 0. The van der Waals surface area contributed by atoms with Gasteiger partial charge in [0.05, 0.1) is 0 Å². The fourth-order valence-electron chi connectivity index (χ4n) is 2.31. The lowest BCUT2D eigenvalue weighted by Crippen LogP contribution is -2.03. The molecule has 1 heteroatoms. The first-order valence-corrected chi connectivity index (χ1v) is 8.21. The Labute approximate surface area is 130 Å². The molecular weight excluding hydrogens is 308 g/mol. The summed E-state index contributed by atoms with van der Waals surface area (Å²) in [5, 5.41) is 0.931. The largest absolute Gasteiger partial charge is 0.0880 e. The van der Waals surface area contributed by atoms with Gasteiger partial charge in [-0.15, -0.1) is 0 Å². The standard InChI is InChI=1S/C19H21Br/c1-15(2)18(14-20)13-19(16-9-5-3-6-10-16)17-11-7-4-8-12-17/h3-13,15,19H,14H2,1-2H3/b18-13+. The molecule has 0 saturated carbocycles. The number of benzene rings is 2. The molecule has 20 heavy (non-hydrogen) atoms. The Kier molecular flexibility index (Phi) is 5.60. The first-order valence-electron chi connectivity index (χ1n) is 7.08. The van der Waals surface area contributed by atoms with Gasteiger partial charge < -0.3 is 0 Å². The summed E-state index contributed by atoms with van der Waals surface area (Å²) in [5.41, 5.74) is 4.14. The second kappa shape index (κ2) is 7.44. The van der Waals surface area contributed by atoms with Gasteiger partial charge in [0.2, 0.25) is 0 Å². The Hall–Kier alpha value is -1.34. The van der Waals surface area contributed by atoms with E-state index in [0.29, 0.717) is 11.8 Å². The first-order chi connectivity index (χ1) is 9.72. The topological polar surface area (TPSA) is 0 Å². The molecule has 0 unspecified atom stereocenters. The first kappa shape index (κ1) is 15.1. The highest BCUT2D eigenvalue weighted by Crippen LogP contribution is 2.29. The van der Waals surface area contributed by atoms with Crippen molar-refractivity contribution in [2.75, 3.05) is 5.33 Å². The SMILES string of the molecule is CC(C)/C(=C/C(c1ccccc1)c1ccccc1)CBr. The van der Waals surface area contributed by atoms with Gasteiger partial charge in [0.1, 0.15) is 0 Å². The Morgan fingerprint density at radius 3 is 1.70 bits per heavy atom. The van der Waals surface area contributed by atoms with Gasteiger partial charge >= 0.3 is 0 Å². The number of rotatable bonds is 5. The van der Waals surface area contributed by atoms with E-state index >= 15 is 0 Å². The molecule has 0 amide bonds. The summed E-state index contributed by atoms with van der Waals surface area (Å²) < 4.78 is 0. The van der Waals surface area contributed by atoms with Gasteiger partial charge in [0, 0.05) is 11.2 Å². The normalized spacial score (nSPS) is 12.2. The Morgan fingerprint density at radius 1 is 0.900 bits per heavy atom. The van der Waals surface area contributed by atoms with Crippen LogP contribution in [0.15, 0.2) is 72.3 Å². The third-order valence-electron chi connectivity index (χ3n) is 3.59. The molecule has 0 aromatic heterocycles. The molecule has 0 N–H and O–H groups in total. The highest BCUT2D eigenvalue weighted by Gasteiger charge is 2.13. The van der Waals surface area contributed by atoms with E-state index in [2.05, 4.69) is 96.5 Å². The van der Waals surface area contributed by atoms with Gasteiger partial charge in [-0.05, 0) is 17.0 Å². The zero-order valence-electron chi connectivity index (χ0n) is 12.1. The molecular formula is C19H21Br. The maximum Gasteiger partial charge on any atom is 0.0272 e. The van der Waals surface area contributed by atoms with Crippen LogP contribution >= 0.6 is 15.9 Å². The summed E-state index contributed by atoms with van der Waals surface area (Å²) in [6.45, 7) is 4.50. The fourth-order valence-corrected chi connectivity index (χ4v) is 3.15. The third-order valence-corrected chi connectivity index (χ3v) is 4.24. The quantitative estimate of drug-likeness (QED) is 0.481. The number of hydrogen-bond donors (Lipinski definition) is 0. The second-order valence-corrected chi connectivity index (χ2v) is 5.89. The molecule has 0 fully saturated rings. The molecule has 2 rings (SSSR count). The van der Waals surface area contributed by atoms with Crippen LogP contribution in [0.3, 0.4) is 0 Å². The highest BCUT2D eigenvalue weighted by atomic mass is 79.9. The molecule has 2 aromatic rings. The van der Waals surface area contributed by atoms with Gasteiger partial charge in [-0.2, -0.15) is 0 Å². The van der Waals surface area contributed by atoms with E-state index < -0.39 is 0 Å². The van der Waals surface area contributed by atoms with Crippen LogP contribution in [0.5, 0.6) is 0 Å². The van der Waals surface area contributed by atoms with Crippen molar-refractivity contribution in [2.24, 2.45) is 5.92 Å². The van der Waals surface area contributed by atoms with Crippen LogP contribution in [0.25, 0.3) is 0 Å². The van der Waals surface area contributed by atoms with Crippen molar-refractivity contribution >= 4 is 15.9 Å². The van der Waals surface area contributed by atoms with Crippen LogP contribution in [0, 0.1) is 5.92 Å². The zero-order valence-corrected chi connectivity index (χ0v) is 13.7. The van der Waals surface area contributed by atoms with Gasteiger partial charge in [-0.1, -0.05) is 102 Å². The predicted molar refractivity (Wildman–Crippen MR) is 91.4 cm³/mol. The highest BCUT2D eigenvalue weighted by molar-refractivity contribution is 9.09. The van der Waals surface area contributed by atoms with Gasteiger partial charge in [-0.25, -0.2) is 0 Å². The number of halogens is 1. The lowest BCUT2D eigenvalue weighted by Gasteiger charge is -2.18. The number of hydrogen-bond acceptors (Lipinski definition) is 0. The number of alkyl halides is 1. The second-order valence-electron chi connectivity index (χ2n) is 5.33. The fraction of sp³-hybridized carbons (Fsp3) is 0.263. The smallest absolute Gasteiger partial charge is 0.0272 e. The Morgan fingerprint density at radius 2 is 1.35 bits per heavy atom. The molecule has 0 radical (unpaired) electrons. The Bertz CT molecular complexity index is 501. The molecule has 0 aliphatic heterocycles. The van der Waals surface area contributed by atoms with Gasteiger partial charge in [0.15, 0.2) is 0 Å². The molecule has 0 spiro atoms. The van der Waals surface area contributed by atoms with Crippen LogP contribution in [0.2, 0.25) is 0 Å². The molecule has 0 heterocycles. The van der Waals surface area contributed by atoms with Crippen molar-refractivity contribution in [3.8, 4) is 0 Å². The molecule has 2 aromatic carbocycles. The van der Waals surface area contributed by atoms with Crippen molar-refractivity contribution in [3.63, 3.8) is 0 Å². The van der Waals surface area contributed by atoms with E-state index in [4.69, 9.17) is 0 Å². The molecule has 0 aliphatic rings.